The van der Waals surface area contributed by atoms with Gasteiger partial charge in [-0.25, -0.2) is 0 Å². The van der Waals surface area contributed by atoms with Crippen molar-refractivity contribution in [1.82, 2.24) is 5.16 Å². The predicted octanol–water partition coefficient (Wildman–Crippen LogP) is 2.94. The van der Waals surface area contributed by atoms with Crippen molar-refractivity contribution in [1.29, 1.82) is 0 Å². The van der Waals surface area contributed by atoms with Gasteiger partial charge in [0, 0.05) is 11.6 Å². The summed E-state index contributed by atoms with van der Waals surface area (Å²) in [7, 11) is 0. The molecule has 2 aromatic rings. The molecule has 2 aliphatic carbocycles. The topological polar surface area (TPSA) is 92.5 Å². The molecular formula is C21H19N3O4. The largest absolute Gasteiger partial charge is 0.360 e. The Bertz CT molecular complexity index is 1040. The van der Waals surface area contributed by atoms with Crippen molar-refractivity contribution in [3.63, 3.8) is 0 Å². The van der Waals surface area contributed by atoms with Crippen molar-refractivity contribution in [3.05, 3.63) is 53.3 Å². The molecular weight excluding hydrogens is 358 g/mol. The molecule has 0 spiro atoms. The van der Waals surface area contributed by atoms with Gasteiger partial charge in [-0.2, -0.15) is 0 Å². The van der Waals surface area contributed by atoms with E-state index in [1.165, 1.54) is 10.5 Å². The number of nitrogens with one attached hydrogen (secondary N) is 1. The van der Waals surface area contributed by atoms with Crippen LogP contribution < -0.4 is 10.2 Å². The van der Waals surface area contributed by atoms with E-state index in [9.17, 15) is 14.4 Å². The van der Waals surface area contributed by atoms with Crippen molar-refractivity contribution in [2.75, 3.05) is 10.2 Å². The maximum atomic E-state index is 13.0. The predicted molar refractivity (Wildman–Crippen MR) is 100 cm³/mol. The zero-order chi connectivity index (χ0) is 19.6. The Kier molecular flexibility index (Phi) is 3.56. The first-order chi connectivity index (χ1) is 13.4. The molecule has 1 N–H and O–H groups in total. The first-order valence-corrected chi connectivity index (χ1v) is 9.35. The van der Waals surface area contributed by atoms with Gasteiger partial charge in [0.1, 0.15) is 5.76 Å². The molecule has 4 atom stereocenters. The number of carbonyl (C=O) groups excluding carboxylic acids is 3. The summed E-state index contributed by atoms with van der Waals surface area (Å²) in [6, 6.07) is 8.11. The van der Waals surface area contributed by atoms with Gasteiger partial charge in [-0.15, -0.1) is 0 Å². The summed E-state index contributed by atoms with van der Waals surface area (Å²) < 4.78 is 4.93. The molecule has 7 nitrogen and oxygen atoms in total. The summed E-state index contributed by atoms with van der Waals surface area (Å²) in [4.78, 5) is 39.5. The minimum Gasteiger partial charge on any atom is -0.360 e. The van der Waals surface area contributed by atoms with Crippen LogP contribution in [0.2, 0.25) is 0 Å². The third-order valence-electron chi connectivity index (χ3n) is 6.14. The van der Waals surface area contributed by atoms with E-state index in [0.29, 0.717) is 22.8 Å². The Morgan fingerprint density at radius 3 is 2.54 bits per heavy atom. The molecule has 1 aromatic carbocycles. The molecule has 5 rings (SSSR count). The molecule has 28 heavy (non-hydrogen) atoms. The maximum Gasteiger partial charge on any atom is 0.256 e. The van der Waals surface area contributed by atoms with Gasteiger partial charge in [0.15, 0.2) is 5.82 Å². The van der Waals surface area contributed by atoms with Gasteiger partial charge >= 0.3 is 0 Å². The third kappa shape index (κ3) is 2.35. The van der Waals surface area contributed by atoms with Crippen LogP contribution in [-0.4, -0.2) is 22.9 Å². The van der Waals surface area contributed by atoms with Crippen molar-refractivity contribution >= 4 is 29.2 Å². The summed E-state index contributed by atoms with van der Waals surface area (Å²) in [5.74, 6) is 0.240. The van der Waals surface area contributed by atoms with E-state index in [1.54, 1.807) is 37.3 Å². The fraction of sp³-hybridized carbons (Fsp3) is 0.333. The van der Waals surface area contributed by atoms with Crippen LogP contribution >= 0.6 is 0 Å². The number of carbonyl (C=O) groups is 3. The van der Waals surface area contributed by atoms with Crippen LogP contribution in [0.4, 0.5) is 11.5 Å². The van der Waals surface area contributed by atoms with Gasteiger partial charge in [-0.05, 0) is 56.4 Å². The maximum absolute atomic E-state index is 13.0. The number of hydrogen-bond acceptors (Lipinski definition) is 5. The minimum atomic E-state index is -0.339. The van der Waals surface area contributed by atoms with Crippen LogP contribution in [0.1, 0.15) is 29.5 Å². The van der Waals surface area contributed by atoms with Crippen molar-refractivity contribution < 1.29 is 18.9 Å². The lowest BCUT2D eigenvalue weighted by Gasteiger charge is -2.19. The van der Waals surface area contributed by atoms with Crippen LogP contribution in [0.3, 0.4) is 0 Å². The number of rotatable bonds is 3. The number of aryl methyl sites for hydroxylation is 1. The first-order valence-electron chi connectivity index (χ1n) is 9.35. The standard InChI is InChI=1S/C21H19N3O4/c1-10-7-13-9-15(10)18-17(13)20(26)24(21(18)27)14-5-3-12(4-6-14)19(25)22-16-8-11(2)28-23-16/h3-8,13,15,17-18H,9H2,1-2H3,(H,22,23,25)/t13-,15+,17-,18+/m1/s1. The minimum absolute atomic E-state index is 0.120. The highest BCUT2D eigenvalue weighted by atomic mass is 16.5. The highest BCUT2D eigenvalue weighted by Gasteiger charge is 2.60. The van der Waals surface area contributed by atoms with E-state index >= 15 is 0 Å². The molecule has 0 unspecified atom stereocenters. The van der Waals surface area contributed by atoms with Gasteiger partial charge in [0.2, 0.25) is 11.8 Å². The molecule has 7 heteroatoms. The second-order valence-electron chi connectivity index (χ2n) is 7.80. The molecule has 1 saturated heterocycles. The third-order valence-corrected chi connectivity index (χ3v) is 6.14. The summed E-state index contributed by atoms with van der Waals surface area (Å²) in [6.07, 6.45) is 3.06. The number of aromatic nitrogens is 1. The second-order valence-corrected chi connectivity index (χ2v) is 7.80. The number of amides is 3. The van der Waals surface area contributed by atoms with Crippen molar-refractivity contribution in [3.8, 4) is 0 Å². The van der Waals surface area contributed by atoms with Gasteiger partial charge < -0.3 is 9.84 Å². The lowest BCUT2D eigenvalue weighted by molar-refractivity contribution is -0.123. The van der Waals surface area contributed by atoms with Gasteiger partial charge in [0.05, 0.1) is 17.5 Å². The Labute approximate surface area is 161 Å². The van der Waals surface area contributed by atoms with Crippen molar-refractivity contribution in [2.45, 2.75) is 20.3 Å². The van der Waals surface area contributed by atoms with E-state index in [2.05, 4.69) is 16.5 Å². The average molecular weight is 377 g/mol. The average Bonchev–Trinajstić information content (AvgIpc) is 3.40. The molecule has 2 fully saturated rings. The fourth-order valence-corrected chi connectivity index (χ4v) is 4.90. The zero-order valence-electron chi connectivity index (χ0n) is 15.5. The lowest BCUT2D eigenvalue weighted by atomic mass is 9.82. The van der Waals surface area contributed by atoms with Crippen molar-refractivity contribution in [2.24, 2.45) is 23.7 Å². The molecule has 3 amide bonds. The number of nitrogens with zero attached hydrogens (tertiary/aromatic N) is 2. The summed E-state index contributed by atoms with van der Waals surface area (Å²) in [5.41, 5.74) is 2.14. The van der Waals surface area contributed by atoms with Gasteiger partial charge in [-0.3, -0.25) is 19.3 Å². The molecule has 2 bridgehead atoms. The number of hydrogen-bond donors (Lipinski definition) is 1. The summed E-state index contributed by atoms with van der Waals surface area (Å²) >= 11 is 0. The van der Waals surface area contributed by atoms with Gasteiger partial charge in [-0.1, -0.05) is 16.8 Å². The van der Waals surface area contributed by atoms with E-state index in [0.717, 1.165) is 6.42 Å². The van der Waals surface area contributed by atoms with Crippen LogP contribution in [0.25, 0.3) is 0 Å². The Hall–Kier alpha value is -3.22. The van der Waals surface area contributed by atoms with Crippen LogP contribution in [0.5, 0.6) is 0 Å². The molecule has 1 saturated carbocycles. The highest BCUT2D eigenvalue weighted by Crippen LogP contribution is 2.55. The number of benzene rings is 1. The summed E-state index contributed by atoms with van der Waals surface area (Å²) in [5, 5.41) is 6.38. The number of anilines is 2. The quantitative estimate of drug-likeness (QED) is 0.656. The molecule has 1 aliphatic heterocycles. The van der Waals surface area contributed by atoms with E-state index < -0.39 is 0 Å². The molecule has 142 valence electrons. The van der Waals surface area contributed by atoms with Gasteiger partial charge in [0.25, 0.3) is 5.91 Å². The van der Waals surface area contributed by atoms with E-state index in [-0.39, 0.29) is 41.4 Å². The smallest absolute Gasteiger partial charge is 0.256 e. The Morgan fingerprint density at radius 1 is 1.14 bits per heavy atom. The molecule has 0 radical (unpaired) electrons. The van der Waals surface area contributed by atoms with E-state index in [1.807, 2.05) is 6.92 Å². The number of allylic oxidation sites excluding steroid dienone is 2. The first kappa shape index (κ1) is 16.9. The van der Waals surface area contributed by atoms with Crippen LogP contribution in [0, 0.1) is 30.6 Å². The zero-order valence-corrected chi connectivity index (χ0v) is 15.5. The van der Waals surface area contributed by atoms with Crippen LogP contribution in [0.15, 0.2) is 46.5 Å². The molecule has 2 heterocycles. The Balaban J connectivity index is 1.36. The SMILES string of the molecule is CC1=C[C@@H]2C[C@@H]1[C@@H]1C(=O)N(c3ccc(C(=O)Nc4cc(C)on4)cc3)C(=O)[C@@H]12. The fourth-order valence-electron chi connectivity index (χ4n) is 4.90. The Morgan fingerprint density at radius 2 is 1.86 bits per heavy atom. The number of fused-ring (bicyclic) bond motifs is 5. The highest BCUT2D eigenvalue weighted by molar-refractivity contribution is 6.23. The second kappa shape index (κ2) is 5.89. The lowest BCUT2D eigenvalue weighted by Crippen LogP contribution is -2.33. The molecule has 1 aromatic heterocycles. The molecule has 3 aliphatic rings. The normalized spacial score (nSPS) is 27.9. The number of imide groups is 1. The summed E-state index contributed by atoms with van der Waals surface area (Å²) in [6.45, 7) is 3.78. The van der Waals surface area contributed by atoms with Crippen LogP contribution in [-0.2, 0) is 9.59 Å². The monoisotopic (exact) mass is 377 g/mol. The van der Waals surface area contributed by atoms with E-state index in [4.69, 9.17) is 4.52 Å².